The van der Waals surface area contributed by atoms with Crippen LogP contribution in [0.15, 0.2) is 60.7 Å². The van der Waals surface area contributed by atoms with E-state index in [4.69, 9.17) is 0 Å². The zero-order chi connectivity index (χ0) is 26.4. The van der Waals surface area contributed by atoms with Gasteiger partial charge >= 0.3 is 6.18 Å². The molecular formula is C31H29F5O. The van der Waals surface area contributed by atoms with Crippen LogP contribution in [0.2, 0.25) is 0 Å². The largest absolute Gasteiger partial charge is 0.481 e. The molecule has 1 aliphatic rings. The lowest BCUT2D eigenvalue weighted by Crippen LogP contribution is -2.19. The van der Waals surface area contributed by atoms with Crippen LogP contribution in [0, 0.1) is 29.4 Å². The lowest BCUT2D eigenvalue weighted by Gasteiger charge is -2.28. The van der Waals surface area contributed by atoms with Crippen molar-refractivity contribution in [1.29, 1.82) is 0 Å². The van der Waals surface area contributed by atoms with Gasteiger partial charge in [-0.05, 0) is 92.5 Å². The van der Waals surface area contributed by atoms with E-state index in [-0.39, 0.29) is 11.1 Å². The Labute approximate surface area is 214 Å². The van der Waals surface area contributed by atoms with Crippen LogP contribution in [-0.2, 0) is 0 Å². The van der Waals surface area contributed by atoms with Gasteiger partial charge in [-0.25, -0.2) is 8.78 Å². The molecule has 0 spiro atoms. The van der Waals surface area contributed by atoms with Crippen molar-refractivity contribution in [3.05, 3.63) is 89.0 Å². The summed E-state index contributed by atoms with van der Waals surface area (Å²) in [5.74, 6) is 4.73. The molecule has 37 heavy (non-hydrogen) atoms. The number of allylic oxidation sites excluding steroid dienone is 2. The van der Waals surface area contributed by atoms with Crippen molar-refractivity contribution < 1.29 is 26.7 Å². The number of benzene rings is 3. The average molecular weight is 513 g/mol. The smallest absolute Gasteiger partial charge is 0.422 e. The first-order valence-corrected chi connectivity index (χ1v) is 12.6. The van der Waals surface area contributed by atoms with E-state index in [1.165, 1.54) is 30.9 Å². The van der Waals surface area contributed by atoms with Crippen molar-refractivity contribution in [3.63, 3.8) is 0 Å². The van der Waals surface area contributed by atoms with Crippen molar-refractivity contribution in [1.82, 2.24) is 0 Å². The lowest BCUT2D eigenvalue weighted by atomic mass is 9.77. The summed E-state index contributed by atoms with van der Waals surface area (Å²) >= 11 is 0. The van der Waals surface area contributed by atoms with Gasteiger partial charge in [0.1, 0.15) is 5.82 Å². The Morgan fingerprint density at radius 1 is 0.946 bits per heavy atom. The third kappa shape index (κ3) is 7.13. The summed E-state index contributed by atoms with van der Waals surface area (Å²) in [5.41, 5.74) is 1.61. The number of alkyl halides is 3. The highest BCUT2D eigenvalue weighted by molar-refractivity contribution is 5.85. The molecule has 194 valence electrons. The van der Waals surface area contributed by atoms with E-state index in [1.807, 2.05) is 12.1 Å². The second-order valence-electron chi connectivity index (χ2n) is 9.57. The van der Waals surface area contributed by atoms with Gasteiger partial charge < -0.3 is 4.74 Å². The van der Waals surface area contributed by atoms with Gasteiger partial charge in [-0.2, -0.15) is 13.2 Å². The number of ether oxygens (including phenoxy) is 1. The second kappa shape index (κ2) is 11.8. The molecule has 0 aromatic heterocycles. The summed E-state index contributed by atoms with van der Waals surface area (Å²) in [4.78, 5) is 0. The lowest BCUT2D eigenvalue weighted by molar-refractivity contribution is -0.153. The fourth-order valence-corrected chi connectivity index (χ4v) is 4.94. The van der Waals surface area contributed by atoms with Gasteiger partial charge in [0, 0.05) is 10.9 Å². The van der Waals surface area contributed by atoms with E-state index in [1.54, 1.807) is 12.1 Å². The summed E-state index contributed by atoms with van der Waals surface area (Å²) in [6.45, 7) is 0.468. The third-order valence-corrected chi connectivity index (χ3v) is 6.94. The second-order valence-corrected chi connectivity index (χ2v) is 9.57. The van der Waals surface area contributed by atoms with Crippen LogP contribution in [0.3, 0.4) is 0 Å². The molecule has 0 bridgehead atoms. The Kier molecular flexibility index (Phi) is 8.53. The minimum atomic E-state index is -4.56. The van der Waals surface area contributed by atoms with Crippen molar-refractivity contribution >= 4 is 10.8 Å². The molecule has 0 saturated heterocycles. The monoisotopic (exact) mass is 512 g/mol. The van der Waals surface area contributed by atoms with Crippen LogP contribution >= 0.6 is 0 Å². The van der Waals surface area contributed by atoms with Crippen LogP contribution in [0.1, 0.15) is 68.1 Å². The topological polar surface area (TPSA) is 9.23 Å². The van der Waals surface area contributed by atoms with Gasteiger partial charge in [0.25, 0.3) is 0 Å². The highest BCUT2D eigenvalue weighted by Crippen LogP contribution is 2.38. The van der Waals surface area contributed by atoms with Gasteiger partial charge in [-0.3, -0.25) is 0 Å². The van der Waals surface area contributed by atoms with Gasteiger partial charge in [0.15, 0.2) is 18.2 Å². The fourth-order valence-electron chi connectivity index (χ4n) is 4.94. The number of fused-ring (bicyclic) bond motifs is 1. The molecule has 1 saturated carbocycles. The first kappa shape index (κ1) is 26.7. The van der Waals surface area contributed by atoms with Gasteiger partial charge in [0.05, 0.1) is 5.56 Å². The molecule has 0 aliphatic heterocycles. The Balaban J connectivity index is 1.45. The zero-order valence-electron chi connectivity index (χ0n) is 20.7. The van der Waals surface area contributed by atoms with E-state index in [0.29, 0.717) is 11.3 Å². The summed E-state index contributed by atoms with van der Waals surface area (Å²) in [6.07, 6.45) is 6.89. The third-order valence-electron chi connectivity index (χ3n) is 6.94. The normalized spacial score (nSPS) is 18.1. The molecule has 0 N–H and O–H groups in total. The van der Waals surface area contributed by atoms with E-state index in [2.05, 4.69) is 41.7 Å². The predicted octanol–water partition coefficient (Wildman–Crippen LogP) is 9.09. The van der Waals surface area contributed by atoms with E-state index in [0.717, 1.165) is 42.7 Å². The maximum atomic E-state index is 15.2. The zero-order valence-corrected chi connectivity index (χ0v) is 20.7. The molecule has 1 fully saturated rings. The summed E-state index contributed by atoms with van der Waals surface area (Å²) in [5, 5.41) is 1.28. The molecule has 0 atom stereocenters. The molecule has 0 unspecified atom stereocenters. The Hall–Kier alpha value is -3.33. The van der Waals surface area contributed by atoms with Crippen molar-refractivity contribution in [2.24, 2.45) is 5.92 Å². The molecule has 4 rings (SSSR count). The summed E-state index contributed by atoms with van der Waals surface area (Å²) < 4.78 is 70.6. The van der Waals surface area contributed by atoms with E-state index in [9.17, 15) is 17.6 Å². The number of rotatable bonds is 6. The Morgan fingerprint density at radius 2 is 1.73 bits per heavy atom. The van der Waals surface area contributed by atoms with Gasteiger partial charge in [0.2, 0.25) is 0 Å². The molecule has 3 aromatic carbocycles. The average Bonchev–Trinajstić information content (AvgIpc) is 2.87. The number of hydrogen-bond donors (Lipinski definition) is 0. The quantitative estimate of drug-likeness (QED) is 0.182. The molecule has 1 nitrogen and oxygen atoms in total. The van der Waals surface area contributed by atoms with Gasteiger partial charge in [-0.1, -0.05) is 48.3 Å². The van der Waals surface area contributed by atoms with Crippen molar-refractivity contribution in [2.75, 3.05) is 6.61 Å². The first-order chi connectivity index (χ1) is 17.7. The minimum absolute atomic E-state index is 0.166. The number of hydrogen-bond acceptors (Lipinski definition) is 1. The van der Waals surface area contributed by atoms with Gasteiger partial charge in [-0.15, -0.1) is 0 Å². The molecule has 3 aromatic rings. The van der Waals surface area contributed by atoms with Crippen molar-refractivity contribution in [3.8, 4) is 17.6 Å². The maximum absolute atomic E-state index is 15.2. The van der Waals surface area contributed by atoms with Crippen LogP contribution in [0.5, 0.6) is 5.75 Å². The fraction of sp³-hybridized carbons (Fsp3) is 0.355. The molecule has 0 radical (unpaired) electrons. The van der Waals surface area contributed by atoms with E-state index >= 15 is 4.39 Å². The summed E-state index contributed by atoms with van der Waals surface area (Å²) in [7, 11) is 0. The van der Waals surface area contributed by atoms with Crippen LogP contribution in [-0.4, -0.2) is 12.8 Å². The molecule has 1 aliphatic carbocycles. The Bertz CT molecular complexity index is 1320. The SMILES string of the molecule is C/C=C/CCC1CCC(c2ccc3c(F)c(C#Cc4ccc(OCC(F)(F)F)c(F)c4)ccc3c2)CC1. The van der Waals surface area contributed by atoms with Crippen LogP contribution < -0.4 is 4.74 Å². The molecule has 0 amide bonds. The highest BCUT2D eigenvalue weighted by atomic mass is 19.4. The molecule has 0 heterocycles. The minimum Gasteiger partial charge on any atom is -0.481 e. The number of halogens is 5. The van der Waals surface area contributed by atoms with E-state index < -0.39 is 30.2 Å². The first-order valence-electron chi connectivity index (χ1n) is 12.6. The standard InChI is InChI=1S/C31H29F5O/c1-2-3-4-5-21-6-10-23(11-7-21)25-15-16-27-26(19-25)14-13-24(30(27)33)12-8-22-9-17-29(28(32)18-22)37-20-31(34,35)36/h2-3,9,13-19,21,23H,4-7,10-11,20H2,1H3/b3-2+. The van der Waals surface area contributed by atoms with Crippen molar-refractivity contribution in [2.45, 2.75) is 57.5 Å². The van der Waals surface area contributed by atoms with Crippen LogP contribution in [0.25, 0.3) is 10.8 Å². The maximum Gasteiger partial charge on any atom is 0.422 e. The molecular weight excluding hydrogens is 483 g/mol. The molecule has 6 heteroatoms. The van der Waals surface area contributed by atoms with Crippen LogP contribution in [0.4, 0.5) is 22.0 Å². The highest BCUT2D eigenvalue weighted by Gasteiger charge is 2.29. The Morgan fingerprint density at radius 3 is 2.43 bits per heavy atom. The predicted molar refractivity (Wildman–Crippen MR) is 137 cm³/mol. The summed E-state index contributed by atoms with van der Waals surface area (Å²) in [6, 6.07) is 12.7.